The summed E-state index contributed by atoms with van der Waals surface area (Å²) < 4.78 is 36.9. The molecule has 3 aromatic rings. The molecule has 0 spiro atoms. The largest absolute Gasteiger partial charge is 0.371 e. The zero-order valence-electron chi connectivity index (χ0n) is 24.9. The van der Waals surface area contributed by atoms with E-state index in [1.807, 2.05) is 73.7 Å². The predicted molar refractivity (Wildman–Crippen MR) is 170 cm³/mol. The Labute approximate surface area is 246 Å². The second-order valence-corrected chi connectivity index (χ2v) is 11.4. The van der Waals surface area contributed by atoms with Gasteiger partial charge >= 0.3 is 0 Å². The predicted octanol–water partition coefficient (Wildman–Crippen LogP) is 11.7. The quantitative estimate of drug-likeness (QED) is 0.159. The van der Waals surface area contributed by atoms with Crippen molar-refractivity contribution in [3.63, 3.8) is 0 Å². The topological polar surface area (TPSA) is 9.23 Å². The smallest absolute Gasteiger partial charge is 0.167 e. The van der Waals surface area contributed by atoms with Crippen LogP contribution in [0.5, 0.6) is 0 Å². The van der Waals surface area contributed by atoms with Crippen LogP contribution in [0.25, 0.3) is 27.8 Å². The van der Waals surface area contributed by atoms with Crippen LogP contribution in [-0.4, -0.2) is 12.2 Å². The summed E-state index contributed by atoms with van der Waals surface area (Å²) in [5.41, 5.74) is 3.73. The zero-order chi connectivity index (χ0) is 28.9. The number of allylic oxidation sites excluding steroid dienone is 2. The van der Waals surface area contributed by atoms with Crippen molar-refractivity contribution in [2.24, 2.45) is 0 Å². The highest BCUT2D eigenvalue weighted by molar-refractivity contribution is 5.78. The number of halogens is 2. The molecule has 1 atom stereocenters. The minimum Gasteiger partial charge on any atom is -0.371 e. The first-order valence-corrected chi connectivity index (χ1v) is 15.7. The SMILES string of the molecule is CCCCCCCCCCCCC1(OCC)C=CC(c2ccc(-c3ccc(-c4ccccc4)cc3)c(F)c2F)=CC1. The first-order valence-electron chi connectivity index (χ1n) is 15.7. The molecule has 1 aliphatic carbocycles. The molecule has 0 aliphatic heterocycles. The third kappa shape index (κ3) is 8.49. The molecule has 4 rings (SSSR count). The fraction of sp³-hybridized carbons (Fsp3) is 0.421. The first kappa shape index (κ1) is 30.9. The fourth-order valence-corrected chi connectivity index (χ4v) is 5.89. The molecule has 0 saturated heterocycles. The van der Waals surface area contributed by atoms with E-state index in [1.165, 1.54) is 57.8 Å². The summed E-state index contributed by atoms with van der Waals surface area (Å²) in [6.07, 6.45) is 20.6. The second kappa shape index (κ2) is 15.8. The van der Waals surface area contributed by atoms with Crippen molar-refractivity contribution >= 4 is 5.57 Å². The number of unbranched alkanes of at least 4 members (excludes halogenated alkanes) is 9. The van der Waals surface area contributed by atoms with Crippen LogP contribution in [-0.2, 0) is 4.74 Å². The Balaban J connectivity index is 1.34. The van der Waals surface area contributed by atoms with E-state index in [4.69, 9.17) is 4.74 Å². The molecule has 1 unspecified atom stereocenters. The van der Waals surface area contributed by atoms with Gasteiger partial charge < -0.3 is 4.74 Å². The Kier molecular flexibility index (Phi) is 11.9. The van der Waals surface area contributed by atoms with Crippen LogP contribution in [0, 0.1) is 11.6 Å². The summed E-state index contributed by atoms with van der Waals surface area (Å²) in [4.78, 5) is 0. The van der Waals surface area contributed by atoms with Gasteiger partial charge in [-0.2, -0.15) is 0 Å². The van der Waals surface area contributed by atoms with Gasteiger partial charge in [-0.15, -0.1) is 0 Å². The lowest BCUT2D eigenvalue weighted by Crippen LogP contribution is -2.31. The monoisotopic (exact) mass is 556 g/mol. The summed E-state index contributed by atoms with van der Waals surface area (Å²) in [6.45, 7) is 4.91. The summed E-state index contributed by atoms with van der Waals surface area (Å²) in [5.74, 6) is -1.61. The Hall–Kier alpha value is -3.04. The molecule has 0 bridgehead atoms. The maximum absolute atomic E-state index is 15.4. The molecule has 0 radical (unpaired) electrons. The molecule has 0 amide bonds. The van der Waals surface area contributed by atoms with E-state index in [0.717, 1.165) is 24.0 Å². The van der Waals surface area contributed by atoms with E-state index in [2.05, 4.69) is 13.0 Å². The molecule has 3 aromatic carbocycles. The standard InChI is InChI=1S/C38H46F2O/c1-3-5-6-7-8-9-10-11-12-16-27-38(41-4-2)28-25-33(26-29-38)35-24-23-34(36(39)37(35)40)32-21-19-31(20-22-32)30-17-14-13-15-18-30/h13-15,17-26,28H,3-12,16,27,29H2,1-2H3. The van der Waals surface area contributed by atoms with Gasteiger partial charge in [0, 0.05) is 17.7 Å². The maximum Gasteiger partial charge on any atom is 0.167 e. The third-order valence-corrected chi connectivity index (χ3v) is 8.32. The van der Waals surface area contributed by atoms with Crippen LogP contribution in [0.15, 0.2) is 85.0 Å². The molecule has 41 heavy (non-hydrogen) atoms. The Bertz CT molecular complexity index is 1280. The molecule has 3 heteroatoms. The van der Waals surface area contributed by atoms with Crippen LogP contribution >= 0.6 is 0 Å². The summed E-state index contributed by atoms with van der Waals surface area (Å²) in [5, 5.41) is 0. The lowest BCUT2D eigenvalue weighted by molar-refractivity contribution is -0.00728. The van der Waals surface area contributed by atoms with E-state index in [9.17, 15) is 0 Å². The second-order valence-electron chi connectivity index (χ2n) is 11.4. The van der Waals surface area contributed by atoms with Crippen LogP contribution in [0.2, 0.25) is 0 Å². The lowest BCUT2D eigenvalue weighted by atomic mass is 9.85. The number of rotatable bonds is 16. The van der Waals surface area contributed by atoms with Gasteiger partial charge in [-0.05, 0) is 42.0 Å². The maximum atomic E-state index is 15.4. The van der Waals surface area contributed by atoms with Gasteiger partial charge in [0.15, 0.2) is 11.6 Å². The van der Waals surface area contributed by atoms with E-state index in [-0.39, 0.29) is 11.2 Å². The number of hydrogen-bond acceptors (Lipinski definition) is 1. The van der Waals surface area contributed by atoms with Gasteiger partial charge in [-0.3, -0.25) is 0 Å². The number of benzene rings is 3. The summed E-state index contributed by atoms with van der Waals surface area (Å²) >= 11 is 0. The highest BCUT2D eigenvalue weighted by Gasteiger charge is 2.29. The highest BCUT2D eigenvalue weighted by Crippen LogP contribution is 2.36. The summed E-state index contributed by atoms with van der Waals surface area (Å²) in [6, 6.07) is 21.0. The molecule has 1 aliphatic rings. The minimum atomic E-state index is -0.809. The van der Waals surface area contributed by atoms with E-state index in [1.54, 1.807) is 12.1 Å². The van der Waals surface area contributed by atoms with Gasteiger partial charge in [0.25, 0.3) is 0 Å². The van der Waals surface area contributed by atoms with Crippen LogP contribution in [0.3, 0.4) is 0 Å². The number of ether oxygens (including phenoxy) is 1. The molecule has 0 fully saturated rings. The van der Waals surface area contributed by atoms with Gasteiger partial charge in [0.05, 0.1) is 5.60 Å². The molecular formula is C38H46F2O. The molecule has 1 nitrogen and oxygen atoms in total. The molecule has 0 aromatic heterocycles. The van der Waals surface area contributed by atoms with E-state index >= 15 is 8.78 Å². The average molecular weight is 557 g/mol. The van der Waals surface area contributed by atoms with Crippen molar-refractivity contribution in [3.8, 4) is 22.3 Å². The lowest BCUT2D eigenvalue weighted by Gasteiger charge is -2.32. The molecule has 218 valence electrons. The number of hydrogen-bond donors (Lipinski definition) is 0. The van der Waals surface area contributed by atoms with Crippen LogP contribution < -0.4 is 0 Å². The van der Waals surface area contributed by atoms with Crippen molar-refractivity contribution in [1.29, 1.82) is 0 Å². The zero-order valence-corrected chi connectivity index (χ0v) is 24.9. The fourth-order valence-electron chi connectivity index (χ4n) is 5.89. The van der Waals surface area contributed by atoms with Crippen molar-refractivity contribution in [1.82, 2.24) is 0 Å². The highest BCUT2D eigenvalue weighted by atomic mass is 19.2. The Morgan fingerprint density at radius 1 is 0.634 bits per heavy atom. The van der Waals surface area contributed by atoms with E-state index in [0.29, 0.717) is 29.7 Å². The van der Waals surface area contributed by atoms with Crippen molar-refractivity contribution in [2.75, 3.05) is 6.61 Å². The molecular weight excluding hydrogens is 510 g/mol. The minimum absolute atomic E-state index is 0.274. The van der Waals surface area contributed by atoms with Gasteiger partial charge in [0.1, 0.15) is 0 Å². The van der Waals surface area contributed by atoms with Crippen molar-refractivity contribution in [3.05, 3.63) is 102 Å². The Morgan fingerprint density at radius 3 is 1.80 bits per heavy atom. The first-order chi connectivity index (χ1) is 20.1. The van der Waals surface area contributed by atoms with Crippen LogP contribution in [0.4, 0.5) is 8.78 Å². The van der Waals surface area contributed by atoms with Gasteiger partial charge in [0.2, 0.25) is 0 Å². The third-order valence-electron chi connectivity index (χ3n) is 8.32. The van der Waals surface area contributed by atoms with Gasteiger partial charge in [-0.25, -0.2) is 8.78 Å². The molecule has 0 saturated carbocycles. The normalized spacial score (nSPS) is 16.6. The Morgan fingerprint density at radius 2 is 1.20 bits per heavy atom. The van der Waals surface area contributed by atoms with E-state index < -0.39 is 11.6 Å². The van der Waals surface area contributed by atoms with Crippen molar-refractivity contribution in [2.45, 2.75) is 96.5 Å². The van der Waals surface area contributed by atoms with Crippen molar-refractivity contribution < 1.29 is 13.5 Å². The summed E-state index contributed by atoms with van der Waals surface area (Å²) in [7, 11) is 0. The average Bonchev–Trinajstić information content (AvgIpc) is 3.01. The van der Waals surface area contributed by atoms with Crippen LogP contribution in [0.1, 0.15) is 96.5 Å². The van der Waals surface area contributed by atoms with Gasteiger partial charge in [-0.1, -0.05) is 156 Å². The molecule has 0 N–H and O–H groups in total. The molecule has 0 heterocycles.